The highest BCUT2D eigenvalue weighted by Gasteiger charge is 2.18. The van der Waals surface area contributed by atoms with Gasteiger partial charge in [0.25, 0.3) is 0 Å². The highest BCUT2D eigenvalue weighted by atomic mass is 28.4. The molecule has 12 heteroatoms. The van der Waals surface area contributed by atoms with Crippen LogP contribution in [0.15, 0.2) is 0 Å². The zero-order valence-corrected chi connectivity index (χ0v) is 26.6. The van der Waals surface area contributed by atoms with E-state index in [0.717, 1.165) is 68.5 Å². The zero-order valence-electron chi connectivity index (χ0n) is 23.6. The number of hydrogen-bond donors (Lipinski definition) is 1. The lowest BCUT2D eigenvalue weighted by atomic mass is 10.4. The van der Waals surface area contributed by atoms with E-state index in [-0.39, 0.29) is 6.09 Å². The molecular formula is C24H54N2O8Si2. The Labute approximate surface area is 223 Å². The molecule has 0 saturated heterocycles. The third-order valence-corrected chi connectivity index (χ3v) is 11.5. The quantitative estimate of drug-likeness (QED) is 0.120. The summed E-state index contributed by atoms with van der Waals surface area (Å²) < 4.78 is 38.3. The first-order valence-electron chi connectivity index (χ1n) is 13.4. The molecule has 0 saturated carbocycles. The van der Waals surface area contributed by atoms with E-state index in [1.807, 2.05) is 0 Å². The first-order valence-corrected chi connectivity index (χ1v) is 17.4. The summed E-state index contributed by atoms with van der Waals surface area (Å²) in [4.78, 5) is 14.2. The van der Waals surface area contributed by atoms with Crippen molar-refractivity contribution in [2.24, 2.45) is 0 Å². The molecule has 0 unspecified atom stereocenters. The van der Waals surface area contributed by atoms with Gasteiger partial charge in [-0.25, -0.2) is 4.79 Å². The van der Waals surface area contributed by atoms with E-state index in [2.05, 4.69) is 30.2 Å². The Morgan fingerprint density at radius 3 is 1.94 bits per heavy atom. The van der Waals surface area contributed by atoms with Crippen LogP contribution in [0, 0.1) is 0 Å². The van der Waals surface area contributed by atoms with Gasteiger partial charge in [-0.1, -0.05) is 13.3 Å². The Balaban J connectivity index is 4.05. The minimum atomic E-state index is -1.52. The van der Waals surface area contributed by atoms with Crippen LogP contribution < -0.4 is 5.32 Å². The summed E-state index contributed by atoms with van der Waals surface area (Å²) >= 11 is 0. The number of methoxy groups -OCH3 is 1. The number of carbonyl (C=O) groups is 1. The van der Waals surface area contributed by atoms with E-state index >= 15 is 0 Å². The second kappa shape index (κ2) is 26.0. The van der Waals surface area contributed by atoms with Gasteiger partial charge in [0.05, 0.1) is 59.5 Å². The van der Waals surface area contributed by atoms with E-state index in [4.69, 9.17) is 32.5 Å². The zero-order chi connectivity index (χ0) is 26.7. The van der Waals surface area contributed by atoms with E-state index in [1.54, 1.807) is 7.11 Å². The molecular weight excluding hydrogens is 500 g/mol. The molecule has 1 N–H and O–H groups in total. The first kappa shape index (κ1) is 35.4. The topological polar surface area (TPSA) is 97.0 Å². The molecule has 0 fully saturated rings. The number of nitrogens with one attached hydrogen (secondary N) is 1. The largest absolute Gasteiger partial charge is 0.463 e. The van der Waals surface area contributed by atoms with Gasteiger partial charge in [0.15, 0.2) is 8.32 Å². The third kappa shape index (κ3) is 25.1. The molecule has 0 aromatic heterocycles. The summed E-state index contributed by atoms with van der Waals surface area (Å²) in [7, 11) is 0.915. The minimum absolute atomic E-state index is 0.351. The van der Waals surface area contributed by atoms with Crippen LogP contribution in [0.3, 0.4) is 0 Å². The number of ether oxygens (including phenoxy) is 6. The smallest absolute Gasteiger partial charge is 0.407 e. The molecule has 0 radical (unpaired) electrons. The lowest BCUT2D eigenvalue weighted by molar-refractivity contribution is 0.0129. The highest BCUT2D eigenvalue weighted by molar-refractivity contribution is 6.73. The Kier molecular flexibility index (Phi) is 25.6. The molecule has 0 aromatic carbocycles. The molecule has 0 aromatic rings. The van der Waals surface area contributed by atoms with Gasteiger partial charge in [-0.15, -0.1) is 0 Å². The maximum Gasteiger partial charge on any atom is 0.407 e. The molecule has 0 aliphatic carbocycles. The van der Waals surface area contributed by atoms with Crippen LogP contribution in [0.1, 0.15) is 32.6 Å². The molecule has 1 amide bonds. The Morgan fingerprint density at radius 1 is 0.778 bits per heavy atom. The number of rotatable bonds is 27. The second-order valence-electron chi connectivity index (χ2n) is 9.12. The molecule has 36 heavy (non-hydrogen) atoms. The van der Waals surface area contributed by atoms with Crippen molar-refractivity contribution in [3.05, 3.63) is 0 Å². The molecule has 0 spiro atoms. The van der Waals surface area contributed by atoms with Crippen LogP contribution in [0.25, 0.3) is 0 Å². The normalized spacial score (nSPS) is 11.9. The number of alkyl carbamates (subject to hydrolysis) is 1. The maximum absolute atomic E-state index is 11.9. The van der Waals surface area contributed by atoms with Gasteiger partial charge < -0.3 is 37.9 Å². The molecule has 0 atom stereocenters. The number of hydrogen-bond acceptors (Lipinski definition) is 9. The predicted molar refractivity (Wildman–Crippen MR) is 148 cm³/mol. The van der Waals surface area contributed by atoms with Gasteiger partial charge in [0.1, 0.15) is 10.5 Å². The lowest BCUT2D eigenvalue weighted by Crippen LogP contribution is -2.34. The summed E-state index contributed by atoms with van der Waals surface area (Å²) in [6.07, 6.45) is 3.54. The fraction of sp³-hybridized carbons (Fsp3) is 0.958. The fourth-order valence-electron chi connectivity index (χ4n) is 3.07. The molecule has 0 aliphatic heterocycles. The third-order valence-electron chi connectivity index (χ3n) is 5.55. The van der Waals surface area contributed by atoms with E-state index < -0.39 is 8.32 Å². The number of unbranched alkanes of at least 4 members (excludes halogenated alkanes) is 1. The van der Waals surface area contributed by atoms with Gasteiger partial charge >= 0.3 is 6.09 Å². The first-order chi connectivity index (χ1) is 17.4. The summed E-state index contributed by atoms with van der Waals surface area (Å²) in [6, 6.07) is 1.04. The van der Waals surface area contributed by atoms with Crippen molar-refractivity contribution in [2.45, 2.75) is 51.7 Å². The molecule has 0 aliphatic rings. The van der Waals surface area contributed by atoms with Crippen LogP contribution in [0.2, 0.25) is 19.1 Å². The average Bonchev–Trinajstić information content (AvgIpc) is 2.87. The van der Waals surface area contributed by atoms with Crippen LogP contribution >= 0.6 is 0 Å². The van der Waals surface area contributed by atoms with Gasteiger partial charge in [-0.3, -0.25) is 4.90 Å². The van der Waals surface area contributed by atoms with Crippen LogP contribution in [-0.2, 0) is 32.5 Å². The van der Waals surface area contributed by atoms with Crippen LogP contribution in [0.5, 0.6) is 0 Å². The summed E-state index contributed by atoms with van der Waals surface area (Å²) in [5.74, 6) is 0. The molecule has 0 rings (SSSR count). The Hall–Kier alpha value is -0.576. The van der Waals surface area contributed by atoms with Crippen LogP contribution in [0.4, 0.5) is 4.79 Å². The van der Waals surface area contributed by atoms with Crippen molar-refractivity contribution < 1.29 is 37.3 Å². The van der Waals surface area contributed by atoms with E-state index in [0.29, 0.717) is 66.0 Å². The second-order valence-corrected chi connectivity index (χ2v) is 14.8. The van der Waals surface area contributed by atoms with Crippen molar-refractivity contribution in [1.82, 2.24) is 10.2 Å². The Bertz CT molecular complexity index is 473. The highest BCUT2D eigenvalue weighted by Crippen LogP contribution is 2.11. The van der Waals surface area contributed by atoms with Gasteiger partial charge in [0.2, 0.25) is 0 Å². The van der Waals surface area contributed by atoms with Gasteiger partial charge in [-0.2, -0.15) is 0 Å². The molecule has 0 bridgehead atoms. The average molecular weight is 555 g/mol. The standard InChI is InChI=1S/C24H54N2O8Si2/c1-5-6-13-29-19-20-30-15-11-26(12-16-31-21-22-32-18-17-28-2)10-8-14-33-24(27)25-9-7-23-36(3,4)34-35/h5-23H2,1-4,35H3,(H,25,27). The Morgan fingerprint density at radius 2 is 1.36 bits per heavy atom. The molecule has 0 heterocycles. The number of carbonyl (C=O) groups excluding carboxylic acids is 1. The van der Waals surface area contributed by atoms with Crippen molar-refractivity contribution in [2.75, 3.05) is 99.4 Å². The van der Waals surface area contributed by atoms with Crippen LogP contribution in [-0.4, -0.2) is 129 Å². The SMILES string of the molecule is CCCCOCCOCCN(CCCOC(=O)NCCC[Si](C)(C)O[SiH3])CCOCCOCCOC. The molecule has 10 nitrogen and oxygen atoms in total. The van der Waals surface area contributed by atoms with E-state index in [9.17, 15) is 4.79 Å². The van der Waals surface area contributed by atoms with E-state index in [1.165, 1.54) is 0 Å². The summed E-state index contributed by atoms with van der Waals surface area (Å²) in [5, 5.41) is 2.83. The number of amides is 1. The lowest BCUT2D eigenvalue weighted by Gasteiger charge is -2.22. The van der Waals surface area contributed by atoms with Crippen molar-refractivity contribution in [1.29, 1.82) is 0 Å². The minimum Gasteiger partial charge on any atom is -0.463 e. The van der Waals surface area contributed by atoms with Crippen molar-refractivity contribution >= 4 is 24.9 Å². The fourth-order valence-corrected chi connectivity index (χ4v) is 4.91. The molecule has 216 valence electrons. The number of nitrogens with zero attached hydrogens (tertiary/aromatic N) is 1. The summed E-state index contributed by atoms with van der Waals surface area (Å²) in [6.45, 7) is 15.5. The van der Waals surface area contributed by atoms with Gasteiger partial charge in [-0.05, 0) is 38.4 Å². The van der Waals surface area contributed by atoms with Crippen molar-refractivity contribution in [3.63, 3.8) is 0 Å². The van der Waals surface area contributed by atoms with Crippen molar-refractivity contribution in [3.8, 4) is 0 Å². The predicted octanol–water partition coefficient (Wildman–Crippen LogP) is 1.81. The maximum atomic E-state index is 11.9. The van der Waals surface area contributed by atoms with Gasteiger partial charge in [0, 0.05) is 39.9 Å². The summed E-state index contributed by atoms with van der Waals surface area (Å²) in [5.41, 5.74) is 0. The monoisotopic (exact) mass is 554 g/mol.